The third-order valence-corrected chi connectivity index (χ3v) is 4.85. The maximum Gasteiger partial charge on any atom is 0.261 e. The zero-order chi connectivity index (χ0) is 20.1. The smallest absolute Gasteiger partial charge is 0.261 e. The number of amides is 1. The standard InChI is InChI=1S/C24H21N3O2/c1-27(23(18-10-4-2-5-11-18)19-12-6-3-7-13-19)22(28)16-29-24-20-14-8-9-15-21(20)25-17-26-24/h2-15,17,23H,16H2,1H3. The largest absolute Gasteiger partial charge is 0.467 e. The molecule has 1 heterocycles. The second-order valence-corrected chi connectivity index (χ2v) is 6.71. The van der Waals surface area contributed by atoms with Crippen LogP contribution in [-0.2, 0) is 4.79 Å². The van der Waals surface area contributed by atoms with Crippen LogP contribution in [0.4, 0.5) is 0 Å². The Labute approximate surface area is 169 Å². The van der Waals surface area contributed by atoms with Crippen LogP contribution in [-0.4, -0.2) is 34.4 Å². The highest BCUT2D eigenvalue weighted by atomic mass is 16.5. The molecule has 144 valence electrons. The molecule has 3 aromatic carbocycles. The number of benzene rings is 3. The number of para-hydroxylation sites is 1. The minimum Gasteiger partial charge on any atom is -0.467 e. The van der Waals surface area contributed by atoms with Crippen molar-refractivity contribution in [3.8, 4) is 5.88 Å². The van der Waals surface area contributed by atoms with E-state index in [1.807, 2.05) is 84.9 Å². The predicted octanol–water partition coefficient (Wildman–Crippen LogP) is 4.26. The lowest BCUT2D eigenvalue weighted by molar-refractivity contribution is -0.133. The molecule has 5 heteroatoms. The number of hydrogen-bond donors (Lipinski definition) is 0. The lowest BCUT2D eigenvalue weighted by atomic mass is 9.97. The van der Waals surface area contributed by atoms with Gasteiger partial charge in [0.25, 0.3) is 5.91 Å². The normalized spacial score (nSPS) is 10.8. The van der Waals surface area contributed by atoms with Gasteiger partial charge in [-0.2, -0.15) is 0 Å². The summed E-state index contributed by atoms with van der Waals surface area (Å²) in [6, 6.07) is 27.3. The molecule has 0 saturated carbocycles. The minimum absolute atomic E-state index is 0.103. The van der Waals surface area contributed by atoms with Crippen LogP contribution in [0.2, 0.25) is 0 Å². The van der Waals surface area contributed by atoms with Crippen LogP contribution in [0.15, 0.2) is 91.3 Å². The van der Waals surface area contributed by atoms with Gasteiger partial charge in [-0.15, -0.1) is 0 Å². The van der Waals surface area contributed by atoms with Crippen molar-refractivity contribution >= 4 is 16.8 Å². The topological polar surface area (TPSA) is 55.3 Å². The van der Waals surface area contributed by atoms with E-state index in [-0.39, 0.29) is 18.6 Å². The number of carbonyl (C=O) groups excluding carboxylic acids is 1. The van der Waals surface area contributed by atoms with Crippen LogP contribution in [0, 0.1) is 0 Å². The van der Waals surface area contributed by atoms with Gasteiger partial charge in [0.1, 0.15) is 6.33 Å². The fourth-order valence-corrected chi connectivity index (χ4v) is 3.38. The molecular weight excluding hydrogens is 362 g/mol. The van der Waals surface area contributed by atoms with E-state index in [2.05, 4.69) is 9.97 Å². The van der Waals surface area contributed by atoms with E-state index in [1.165, 1.54) is 6.33 Å². The fraction of sp³-hybridized carbons (Fsp3) is 0.125. The van der Waals surface area contributed by atoms with Crippen molar-refractivity contribution in [3.05, 3.63) is 102 Å². The molecule has 5 nitrogen and oxygen atoms in total. The van der Waals surface area contributed by atoms with Crippen LogP contribution in [0.3, 0.4) is 0 Å². The van der Waals surface area contributed by atoms with Gasteiger partial charge in [0, 0.05) is 7.05 Å². The highest BCUT2D eigenvalue weighted by molar-refractivity contribution is 5.84. The number of hydrogen-bond acceptors (Lipinski definition) is 4. The first-order chi connectivity index (χ1) is 14.2. The second kappa shape index (κ2) is 8.52. The van der Waals surface area contributed by atoms with E-state index in [0.29, 0.717) is 5.88 Å². The molecule has 1 aromatic heterocycles. The first-order valence-corrected chi connectivity index (χ1v) is 9.42. The van der Waals surface area contributed by atoms with Gasteiger partial charge in [0.15, 0.2) is 6.61 Å². The Hall–Kier alpha value is -3.73. The molecule has 29 heavy (non-hydrogen) atoms. The summed E-state index contributed by atoms with van der Waals surface area (Å²) in [6.45, 7) is -0.103. The molecule has 4 rings (SSSR count). The lowest BCUT2D eigenvalue weighted by Crippen LogP contribution is -2.35. The van der Waals surface area contributed by atoms with E-state index in [1.54, 1.807) is 11.9 Å². The molecule has 0 radical (unpaired) electrons. The van der Waals surface area contributed by atoms with E-state index in [0.717, 1.165) is 22.0 Å². The SMILES string of the molecule is CN(C(=O)COc1ncnc2ccccc12)C(c1ccccc1)c1ccccc1. The Balaban J connectivity index is 1.56. The number of rotatable bonds is 6. The summed E-state index contributed by atoms with van der Waals surface area (Å²) in [5, 5.41) is 0.785. The Morgan fingerprint density at radius 1 is 0.862 bits per heavy atom. The summed E-state index contributed by atoms with van der Waals surface area (Å²) >= 11 is 0. The van der Waals surface area contributed by atoms with Gasteiger partial charge in [-0.25, -0.2) is 9.97 Å². The molecule has 0 fully saturated rings. The third kappa shape index (κ3) is 4.09. The molecule has 4 aromatic rings. The van der Waals surface area contributed by atoms with E-state index < -0.39 is 0 Å². The van der Waals surface area contributed by atoms with Gasteiger partial charge in [-0.3, -0.25) is 4.79 Å². The Morgan fingerprint density at radius 3 is 2.10 bits per heavy atom. The summed E-state index contributed by atoms with van der Waals surface area (Å²) in [7, 11) is 1.80. The number of nitrogens with zero attached hydrogens (tertiary/aromatic N) is 3. The Kier molecular flexibility index (Phi) is 5.47. The van der Waals surface area contributed by atoms with E-state index >= 15 is 0 Å². The number of ether oxygens (including phenoxy) is 1. The van der Waals surface area contributed by atoms with Crippen LogP contribution in [0.1, 0.15) is 17.2 Å². The van der Waals surface area contributed by atoms with Crippen LogP contribution in [0.5, 0.6) is 5.88 Å². The lowest BCUT2D eigenvalue weighted by Gasteiger charge is -2.29. The molecule has 0 aliphatic heterocycles. The maximum atomic E-state index is 13.0. The summed E-state index contributed by atoms with van der Waals surface area (Å²) in [6.07, 6.45) is 1.45. The van der Waals surface area contributed by atoms with Crippen LogP contribution >= 0.6 is 0 Å². The van der Waals surface area contributed by atoms with Crippen molar-refractivity contribution in [3.63, 3.8) is 0 Å². The minimum atomic E-state index is -0.198. The van der Waals surface area contributed by atoms with Gasteiger partial charge in [0.2, 0.25) is 5.88 Å². The van der Waals surface area contributed by atoms with Crippen LogP contribution in [0.25, 0.3) is 10.9 Å². The van der Waals surface area contributed by atoms with Crippen molar-refractivity contribution in [2.75, 3.05) is 13.7 Å². The first kappa shape index (κ1) is 18.6. The Morgan fingerprint density at radius 2 is 1.45 bits per heavy atom. The van der Waals surface area contributed by atoms with Gasteiger partial charge in [-0.1, -0.05) is 72.8 Å². The van der Waals surface area contributed by atoms with Crippen molar-refractivity contribution in [1.29, 1.82) is 0 Å². The summed E-state index contributed by atoms with van der Waals surface area (Å²) in [4.78, 5) is 23.1. The molecule has 0 spiro atoms. The zero-order valence-corrected chi connectivity index (χ0v) is 16.1. The number of fused-ring (bicyclic) bond motifs is 1. The molecular formula is C24H21N3O2. The van der Waals surface area contributed by atoms with Gasteiger partial charge in [0.05, 0.1) is 16.9 Å². The number of aromatic nitrogens is 2. The summed E-state index contributed by atoms with van der Waals surface area (Å²) in [5.74, 6) is 0.277. The summed E-state index contributed by atoms with van der Waals surface area (Å²) < 4.78 is 5.78. The first-order valence-electron chi connectivity index (χ1n) is 9.42. The highest BCUT2D eigenvalue weighted by Crippen LogP contribution is 2.28. The monoisotopic (exact) mass is 383 g/mol. The fourth-order valence-electron chi connectivity index (χ4n) is 3.38. The van der Waals surface area contributed by atoms with Crippen LogP contribution < -0.4 is 4.74 Å². The molecule has 0 atom stereocenters. The number of likely N-dealkylation sites (N-methyl/N-ethyl adjacent to an activating group) is 1. The third-order valence-electron chi connectivity index (χ3n) is 4.85. The summed E-state index contributed by atoms with van der Waals surface area (Å²) in [5.41, 5.74) is 2.87. The molecule has 0 N–H and O–H groups in total. The predicted molar refractivity (Wildman–Crippen MR) is 113 cm³/mol. The van der Waals surface area contributed by atoms with Crippen molar-refractivity contribution < 1.29 is 9.53 Å². The quantitative estimate of drug-likeness (QED) is 0.499. The van der Waals surface area contributed by atoms with Crippen molar-refractivity contribution in [2.45, 2.75) is 6.04 Å². The molecule has 0 saturated heterocycles. The maximum absolute atomic E-state index is 13.0. The molecule has 0 bridgehead atoms. The average molecular weight is 383 g/mol. The van der Waals surface area contributed by atoms with E-state index in [9.17, 15) is 4.79 Å². The highest BCUT2D eigenvalue weighted by Gasteiger charge is 2.24. The molecule has 1 amide bonds. The van der Waals surface area contributed by atoms with Gasteiger partial charge < -0.3 is 9.64 Å². The number of carbonyl (C=O) groups is 1. The van der Waals surface area contributed by atoms with E-state index in [4.69, 9.17) is 4.74 Å². The zero-order valence-electron chi connectivity index (χ0n) is 16.1. The second-order valence-electron chi connectivity index (χ2n) is 6.71. The van der Waals surface area contributed by atoms with Gasteiger partial charge >= 0.3 is 0 Å². The molecule has 0 aliphatic rings. The van der Waals surface area contributed by atoms with Gasteiger partial charge in [-0.05, 0) is 23.3 Å². The Bertz CT molecular complexity index is 1060. The molecule has 0 aliphatic carbocycles. The van der Waals surface area contributed by atoms with Crippen molar-refractivity contribution in [2.24, 2.45) is 0 Å². The molecule has 0 unspecified atom stereocenters. The average Bonchev–Trinajstić information content (AvgIpc) is 2.79. The van der Waals surface area contributed by atoms with Crippen molar-refractivity contribution in [1.82, 2.24) is 14.9 Å².